The molecular formula is C18H16Cl3N3O2S. The Morgan fingerprint density at radius 3 is 2.19 bits per heavy atom. The van der Waals surface area contributed by atoms with Gasteiger partial charge in [0.25, 0.3) is 0 Å². The maximum atomic E-state index is 11.5. The standard InChI is InChI=1S/C18H16Cl3N3O2S/c1-2-18(20,21)17-11-16(12-3-5-13(19)6-4-12)24(23-17)14-7-9-15(10-8-14)27(22,25)26/h3-11H,2H2,1H3,(H2,22,25,26). The van der Waals surface area contributed by atoms with E-state index in [0.717, 1.165) is 11.3 Å². The number of hydrogen-bond donors (Lipinski definition) is 1. The van der Waals surface area contributed by atoms with Crippen LogP contribution in [0.5, 0.6) is 0 Å². The van der Waals surface area contributed by atoms with Gasteiger partial charge in [-0.25, -0.2) is 18.2 Å². The molecule has 1 heterocycles. The molecule has 0 atom stereocenters. The molecule has 0 fully saturated rings. The number of alkyl halides is 2. The quantitative estimate of drug-likeness (QED) is 0.570. The molecule has 0 unspecified atom stereocenters. The first kappa shape index (κ1) is 20.2. The van der Waals surface area contributed by atoms with E-state index in [1.54, 1.807) is 35.0 Å². The van der Waals surface area contributed by atoms with Crippen LogP contribution in [0, 0.1) is 0 Å². The molecule has 0 aliphatic carbocycles. The highest BCUT2D eigenvalue weighted by molar-refractivity contribution is 7.89. The molecule has 0 saturated carbocycles. The lowest BCUT2D eigenvalue weighted by Gasteiger charge is -2.13. The number of nitrogens with zero attached hydrogens (tertiary/aromatic N) is 2. The van der Waals surface area contributed by atoms with Crippen molar-refractivity contribution in [3.8, 4) is 16.9 Å². The van der Waals surface area contributed by atoms with Crippen LogP contribution in [0.1, 0.15) is 19.0 Å². The minimum atomic E-state index is -3.78. The van der Waals surface area contributed by atoms with Gasteiger partial charge in [-0.15, -0.1) is 0 Å². The highest BCUT2D eigenvalue weighted by Crippen LogP contribution is 2.39. The van der Waals surface area contributed by atoms with E-state index in [2.05, 4.69) is 5.10 Å². The van der Waals surface area contributed by atoms with E-state index < -0.39 is 14.4 Å². The first-order valence-electron chi connectivity index (χ1n) is 7.99. The molecule has 0 radical (unpaired) electrons. The maximum Gasteiger partial charge on any atom is 0.238 e. The molecule has 142 valence electrons. The van der Waals surface area contributed by atoms with Gasteiger partial charge in [0.2, 0.25) is 10.0 Å². The number of nitrogens with two attached hydrogens (primary N) is 1. The first-order valence-corrected chi connectivity index (χ1v) is 10.7. The lowest BCUT2D eigenvalue weighted by atomic mass is 10.1. The van der Waals surface area contributed by atoms with Crippen molar-refractivity contribution >= 4 is 44.8 Å². The summed E-state index contributed by atoms with van der Waals surface area (Å²) in [4.78, 5) is 0.0178. The number of hydrogen-bond acceptors (Lipinski definition) is 3. The third-order valence-corrected chi connectivity index (χ3v) is 6.18. The molecule has 9 heteroatoms. The highest BCUT2D eigenvalue weighted by atomic mass is 35.5. The van der Waals surface area contributed by atoms with E-state index in [1.807, 2.05) is 19.1 Å². The van der Waals surface area contributed by atoms with Gasteiger partial charge >= 0.3 is 0 Å². The Kier molecular flexibility index (Phi) is 5.57. The van der Waals surface area contributed by atoms with Gasteiger partial charge in [0.15, 0.2) is 4.33 Å². The Labute approximate surface area is 172 Å². The second-order valence-corrected chi connectivity index (χ2v) is 9.41. The summed E-state index contributed by atoms with van der Waals surface area (Å²) in [5.41, 5.74) is 2.73. The van der Waals surface area contributed by atoms with Gasteiger partial charge < -0.3 is 0 Å². The van der Waals surface area contributed by atoms with Crippen LogP contribution < -0.4 is 5.14 Å². The molecule has 0 aliphatic heterocycles. The lowest BCUT2D eigenvalue weighted by molar-refractivity contribution is 0.598. The van der Waals surface area contributed by atoms with Gasteiger partial charge in [-0.1, -0.05) is 53.9 Å². The minimum absolute atomic E-state index is 0.0178. The molecular weight excluding hydrogens is 429 g/mol. The Bertz CT molecular complexity index is 1060. The largest absolute Gasteiger partial charge is 0.238 e. The number of sulfonamides is 1. The summed E-state index contributed by atoms with van der Waals surface area (Å²) in [6.07, 6.45) is 0.470. The number of halogens is 3. The minimum Gasteiger partial charge on any atom is -0.233 e. The Morgan fingerprint density at radius 2 is 1.67 bits per heavy atom. The molecule has 0 aliphatic rings. The molecule has 2 aromatic carbocycles. The van der Waals surface area contributed by atoms with Gasteiger partial charge in [0, 0.05) is 10.6 Å². The average molecular weight is 445 g/mol. The van der Waals surface area contributed by atoms with Crippen LogP contribution in [0.15, 0.2) is 59.5 Å². The van der Waals surface area contributed by atoms with Crippen LogP contribution >= 0.6 is 34.8 Å². The summed E-state index contributed by atoms with van der Waals surface area (Å²) in [5.74, 6) is 0. The third-order valence-electron chi connectivity index (χ3n) is 4.08. The smallest absolute Gasteiger partial charge is 0.233 e. The summed E-state index contributed by atoms with van der Waals surface area (Å²) in [6.45, 7) is 1.86. The van der Waals surface area contributed by atoms with Crippen LogP contribution in [-0.2, 0) is 14.4 Å². The van der Waals surface area contributed by atoms with Crippen molar-refractivity contribution < 1.29 is 8.42 Å². The number of primary sulfonamides is 1. The van der Waals surface area contributed by atoms with Gasteiger partial charge in [-0.3, -0.25) is 0 Å². The van der Waals surface area contributed by atoms with Gasteiger partial charge in [-0.2, -0.15) is 5.10 Å². The van der Waals surface area contributed by atoms with Crippen molar-refractivity contribution in [2.75, 3.05) is 0 Å². The van der Waals surface area contributed by atoms with Crippen molar-refractivity contribution in [3.63, 3.8) is 0 Å². The molecule has 5 nitrogen and oxygen atoms in total. The predicted octanol–water partition coefficient (Wildman–Crippen LogP) is 4.88. The SMILES string of the molecule is CCC(Cl)(Cl)c1cc(-c2ccc(Cl)cc2)n(-c2ccc(S(N)(=O)=O)cc2)n1. The zero-order valence-electron chi connectivity index (χ0n) is 14.2. The molecule has 0 saturated heterocycles. The molecule has 3 rings (SSSR count). The number of aromatic nitrogens is 2. The Balaban J connectivity index is 2.17. The van der Waals surface area contributed by atoms with Crippen LogP contribution in [0.25, 0.3) is 16.9 Å². The van der Waals surface area contributed by atoms with E-state index in [-0.39, 0.29) is 4.90 Å². The van der Waals surface area contributed by atoms with Crippen LogP contribution in [0.4, 0.5) is 0 Å². The Morgan fingerprint density at radius 1 is 1.07 bits per heavy atom. The van der Waals surface area contributed by atoms with Gasteiger partial charge in [-0.05, 0) is 48.9 Å². The molecule has 0 bridgehead atoms. The maximum absolute atomic E-state index is 11.5. The van der Waals surface area contributed by atoms with Crippen molar-refractivity contribution in [1.29, 1.82) is 0 Å². The fraction of sp³-hybridized carbons (Fsp3) is 0.167. The molecule has 0 amide bonds. The average Bonchev–Trinajstić information content (AvgIpc) is 3.08. The van der Waals surface area contributed by atoms with E-state index in [0.29, 0.717) is 22.8 Å². The topological polar surface area (TPSA) is 78.0 Å². The second kappa shape index (κ2) is 7.45. The van der Waals surface area contributed by atoms with E-state index in [1.165, 1.54) is 12.1 Å². The van der Waals surface area contributed by atoms with Crippen LogP contribution in [0.3, 0.4) is 0 Å². The highest BCUT2D eigenvalue weighted by Gasteiger charge is 2.29. The fourth-order valence-electron chi connectivity index (χ4n) is 2.54. The molecule has 2 N–H and O–H groups in total. The number of benzene rings is 2. The summed E-state index contributed by atoms with van der Waals surface area (Å²) in [6, 6.07) is 15.1. The van der Waals surface area contributed by atoms with Crippen molar-refractivity contribution in [1.82, 2.24) is 9.78 Å². The first-order chi connectivity index (χ1) is 12.6. The van der Waals surface area contributed by atoms with E-state index in [9.17, 15) is 8.42 Å². The zero-order valence-corrected chi connectivity index (χ0v) is 17.3. The molecule has 0 spiro atoms. The third kappa shape index (κ3) is 4.31. The zero-order chi connectivity index (χ0) is 19.8. The van der Waals surface area contributed by atoms with Crippen molar-refractivity contribution in [2.45, 2.75) is 22.6 Å². The van der Waals surface area contributed by atoms with Crippen molar-refractivity contribution in [2.24, 2.45) is 5.14 Å². The van der Waals surface area contributed by atoms with Crippen LogP contribution in [0.2, 0.25) is 5.02 Å². The predicted molar refractivity (Wildman–Crippen MR) is 109 cm³/mol. The molecule has 1 aromatic heterocycles. The monoisotopic (exact) mass is 443 g/mol. The lowest BCUT2D eigenvalue weighted by Crippen LogP contribution is -2.12. The summed E-state index contributed by atoms with van der Waals surface area (Å²) < 4.78 is 23.5. The normalized spacial score (nSPS) is 12.3. The van der Waals surface area contributed by atoms with Crippen LogP contribution in [-0.4, -0.2) is 18.2 Å². The van der Waals surface area contributed by atoms with Crippen molar-refractivity contribution in [3.05, 3.63) is 65.3 Å². The fourth-order valence-corrected chi connectivity index (χ4v) is 3.37. The summed E-state index contributed by atoms with van der Waals surface area (Å²) in [7, 11) is -3.78. The molecule has 27 heavy (non-hydrogen) atoms. The van der Waals surface area contributed by atoms with E-state index in [4.69, 9.17) is 39.9 Å². The molecule has 3 aromatic rings. The number of rotatable bonds is 5. The van der Waals surface area contributed by atoms with Gasteiger partial charge in [0.1, 0.15) is 0 Å². The van der Waals surface area contributed by atoms with E-state index >= 15 is 0 Å². The Hall–Kier alpha value is -1.57. The summed E-state index contributed by atoms with van der Waals surface area (Å²) >= 11 is 18.8. The second-order valence-electron chi connectivity index (χ2n) is 5.93. The van der Waals surface area contributed by atoms with Gasteiger partial charge in [0.05, 0.1) is 22.0 Å². The summed E-state index contributed by atoms with van der Waals surface area (Å²) in [5, 5.41) is 10.3.